The molecule has 1 unspecified atom stereocenters. The Bertz CT molecular complexity index is 193. The van der Waals surface area contributed by atoms with E-state index in [9.17, 15) is 4.79 Å². The number of carbonyl (C=O) groups excluding carboxylic acids is 1. The molecule has 88 valence electrons. The summed E-state index contributed by atoms with van der Waals surface area (Å²) in [5, 5.41) is 15.0. The standard InChI is InChI=1S/C11H22N2O2/c1-2-9(6-8-14)13-11(15)5-7-12-10-3-4-10/h9-10,12,14H,2-8H2,1H3,(H,13,15). The normalized spacial score (nSPS) is 17.5. The van der Waals surface area contributed by atoms with Gasteiger partial charge in [-0.15, -0.1) is 0 Å². The number of amides is 1. The zero-order chi connectivity index (χ0) is 11.1. The molecule has 1 saturated carbocycles. The first-order valence-corrected chi connectivity index (χ1v) is 5.89. The van der Waals surface area contributed by atoms with Gasteiger partial charge in [0.25, 0.3) is 0 Å². The van der Waals surface area contributed by atoms with Crippen LogP contribution in [-0.2, 0) is 4.79 Å². The fourth-order valence-corrected chi connectivity index (χ4v) is 1.51. The van der Waals surface area contributed by atoms with E-state index in [1.165, 1.54) is 12.8 Å². The van der Waals surface area contributed by atoms with Crippen molar-refractivity contribution in [3.8, 4) is 0 Å². The molecule has 1 fully saturated rings. The molecule has 1 amide bonds. The Kier molecular flexibility index (Phi) is 5.65. The first-order valence-electron chi connectivity index (χ1n) is 5.89. The Labute approximate surface area is 91.4 Å². The molecular weight excluding hydrogens is 192 g/mol. The summed E-state index contributed by atoms with van der Waals surface area (Å²) in [6.45, 7) is 2.92. The summed E-state index contributed by atoms with van der Waals surface area (Å²) in [5.41, 5.74) is 0. The number of hydrogen-bond acceptors (Lipinski definition) is 3. The van der Waals surface area contributed by atoms with E-state index in [0.29, 0.717) is 18.9 Å². The number of hydrogen-bond donors (Lipinski definition) is 3. The minimum absolute atomic E-state index is 0.0865. The summed E-state index contributed by atoms with van der Waals surface area (Å²) in [5.74, 6) is 0.0865. The zero-order valence-corrected chi connectivity index (χ0v) is 9.46. The maximum absolute atomic E-state index is 11.5. The Balaban J connectivity index is 2.03. The molecule has 1 rings (SSSR count). The van der Waals surface area contributed by atoms with Crippen LogP contribution in [0.25, 0.3) is 0 Å². The van der Waals surface area contributed by atoms with Gasteiger partial charge in [0.1, 0.15) is 0 Å². The van der Waals surface area contributed by atoms with Crippen LogP contribution in [0, 0.1) is 0 Å². The molecule has 15 heavy (non-hydrogen) atoms. The van der Waals surface area contributed by atoms with Crippen molar-refractivity contribution < 1.29 is 9.90 Å². The molecule has 1 aliphatic rings. The fraction of sp³-hybridized carbons (Fsp3) is 0.909. The van der Waals surface area contributed by atoms with Gasteiger partial charge in [0, 0.05) is 31.7 Å². The van der Waals surface area contributed by atoms with Crippen LogP contribution < -0.4 is 10.6 Å². The van der Waals surface area contributed by atoms with Crippen LogP contribution in [0.3, 0.4) is 0 Å². The van der Waals surface area contributed by atoms with Crippen LogP contribution in [-0.4, -0.2) is 36.2 Å². The lowest BCUT2D eigenvalue weighted by Crippen LogP contribution is -2.36. The van der Waals surface area contributed by atoms with Crippen molar-refractivity contribution >= 4 is 5.91 Å². The number of rotatable bonds is 8. The SMILES string of the molecule is CCC(CCO)NC(=O)CCNC1CC1. The van der Waals surface area contributed by atoms with E-state index >= 15 is 0 Å². The van der Waals surface area contributed by atoms with E-state index in [2.05, 4.69) is 10.6 Å². The van der Waals surface area contributed by atoms with Crippen molar-refractivity contribution in [1.82, 2.24) is 10.6 Å². The van der Waals surface area contributed by atoms with Gasteiger partial charge in [-0.3, -0.25) is 4.79 Å². The Morgan fingerprint density at radius 1 is 1.53 bits per heavy atom. The third-order valence-electron chi connectivity index (χ3n) is 2.70. The molecule has 0 bridgehead atoms. The highest BCUT2D eigenvalue weighted by Gasteiger charge is 2.20. The predicted molar refractivity (Wildman–Crippen MR) is 59.6 cm³/mol. The summed E-state index contributed by atoms with van der Waals surface area (Å²) >= 11 is 0. The maximum atomic E-state index is 11.5. The highest BCUT2D eigenvalue weighted by Crippen LogP contribution is 2.18. The zero-order valence-electron chi connectivity index (χ0n) is 9.46. The molecule has 0 aromatic rings. The second-order valence-corrected chi connectivity index (χ2v) is 4.16. The Morgan fingerprint density at radius 3 is 2.80 bits per heavy atom. The second-order valence-electron chi connectivity index (χ2n) is 4.16. The Morgan fingerprint density at radius 2 is 2.27 bits per heavy atom. The number of aliphatic hydroxyl groups excluding tert-OH is 1. The van der Waals surface area contributed by atoms with Crippen LogP contribution >= 0.6 is 0 Å². The molecule has 4 heteroatoms. The van der Waals surface area contributed by atoms with Crippen molar-refractivity contribution in [1.29, 1.82) is 0 Å². The maximum Gasteiger partial charge on any atom is 0.221 e. The van der Waals surface area contributed by atoms with Crippen LogP contribution in [0.1, 0.15) is 39.0 Å². The second kappa shape index (κ2) is 6.80. The quantitative estimate of drug-likeness (QED) is 0.548. The van der Waals surface area contributed by atoms with Gasteiger partial charge >= 0.3 is 0 Å². The van der Waals surface area contributed by atoms with Crippen LogP contribution in [0.15, 0.2) is 0 Å². The van der Waals surface area contributed by atoms with Gasteiger partial charge in [-0.25, -0.2) is 0 Å². The summed E-state index contributed by atoms with van der Waals surface area (Å²) in [6.07, 6.45) is 4.58. The van der Waals surface area contributed by atoms with Gasteiger partial charge in [-0.1, -0.05) is 6.92 Å². The van der Waals surface area contributed by atoms with Gasteiger partial charge in [0.15, 0.2) is 0 Å². The average molecular weight is 214 g/mol. The molecule has 1 aliphatic carbocycles. The molecule has 0 aliphatic heterocycles. The van der Waals surface area contributed by atoms with Crippen molar-refractivity contribution in [2.45, 2.75) is 51.1 Å². The van der Waals surface area contributed by atoms with E-state index in [1.807, 2.05) is 6.92 Å². The molecule has 0 heterocycles. The van der Waals surface area contributed by atoms with Crippen LogP contribution in [0.4, 0.5) is 0 Å². The van der Waals surface area contributed by atoms with Gasteiger partial charge < -0.3 is 15.7 Å². The van der Waals surface area contributed by atoms with Crippen molar-refractivity contribution in [2.24, 2.45) is 0 Å². The van der Waals surface area contributed by atoms with Gasteiger partial charge in [0.2, 0.25) is 5.91 Å². The topological polar surface area (TPSA) is 61.4 Å². The van der Waals surface area contributed by atoms with E-state index in [1.54, 1.807) is 0 Å². The molecular formula is C11H22N2O2. The van der Waals surface area contributed by atoms with Crippen molar-refractivity contribution in [2.75, 3.05) is 13.2 Å². The van der Waals surface area contributed by atoms with E-state index in [0.717, 1.165) is 13.0 Å². The molecule has 0 radical (unpaired) electrons. The van der Waals surface area contributed by atoms with Crippen LogP contribution in [0.2, 0.25) is 0 Å². The van der Waals surface area contributed by atoms with Gasteiger partial charge in [0.05, 0.1) is 0 Å². The van der Waals surface area contributed by atoms with Crippen molar-refractivity contribution in [3.05, 3.63) is 0 Å². The van der Waals surface area contributed by atoms with E-state index in [-0.39, 0.29) is 18.6 Å². The predicted octanol–water partition coefficient (Wildman–Crippen LogP) is 0.406. The Hall–Kier alpha value is -0.610. The highest BCUT2D eigenvalue weighted by atomic mass is 16.3. The highest BCUT2D eigenvalue weighted by molar-refractivity contribution is 5.76. The molecule has 0 spiro atoms. The number of carbonyl (C=O) groups is 1. The third-order valence-corrected chi connectivity index (χ3v) is 2.70. The third kappa shape index (κ3) is 5.74. The lowest BCUT2D eigenvalue weighted by molar-refractivity contribution is -0.121. The molecule has 0 saturated heterocycles. The summed E-state index contributed by atoms with van der Waals surface area (Å²) < 4.78 is 0. The first kappa shape index (κ1) is 12.5. The molecule has 1 atom stereocenters. The molecule has 0 aromatic heterocycles. The van der Waals surface area contributed by atoms with E-state index in [4.69, 9.17) is 5.11 Å². The van der Waals surface area contributed by atoms with E-state index < -0.39 is 0 Å². The first-order chi connectivity index (χ1) is 7.26. The fourth-order valence-electron chi connectivity index (χ4n) is 1.51. The van der Waals surface area contributed by atoms with Crippen molar-refractivity contribution in [3.63, 3.8) is 0 Å². The minimum Gasteiger partial charge on any atom is -0.396 e. The lowest BCUT2D eigenvalue weighted by atomic mass is 10.1. The molecule has 4 nitrogen and oxygen atoms in total. The molecule has 3 N–H and O–H groups in total. The number of nitrogens with one attached hydrogen (secondary N) is 2. The van der Waals surface area contributed by atoms with Gasteiger partial charge in [-0.2, -0.15) is 0 Å². The monoisotopic (exact) mass is 214 g/mol. The summed E-state index contributed by atoms with van der Waals surface area (Å²) in [4.78, 5) is 11.5. The summed E-state index contributed by atoms with van der Waals surface area (Å²) in [6, 6.07) is 0.792. The smallest absolute Gasteiger partial charge is 0.221 e. The van der Waals surface area contributed by atoms with Crippen LogP contribution in [0.5, 0.6) is 0 Å². The number of aliphatic hydroxyl groups is 1. The summed E-state index contributed by atoms with van der Waals surface area (Å²) in [7, 11) is 0. The largest absolute Gasteiger partial charge is 0.396 e. The van der Waals surface area contributed by atoms with Gasteiger partial charge in [-0.05, 0) is 25.7 Å². The lowest BCUT2D eigenvalue weighted by Gasteiger charge is -2.15. The minimum atomic E-state index is 0.0865. The molecule has 0 aromatic carbocycles. The average Bonchev–Trinajstić information content (AvgIpc) is 3.01.